The fourth-order valence-corrected chi connectivity index (χ4v) is 5.58. The minimum Gasteiger partial charge on any atom is -0.353 e. The van der Waals surface area contributed by atoms with Crippen LogP contribution in [-0.2, 0) is 13.0 Å². The Hall–Kier alpha value is -3.85. The van der Waals surface area contributed by atoms with Gasteiger partial charge in [0.15, 0.2) is 5.78 Å². The first-order chi connectivity index (χ1) is 15.3. The second-order valence-electron chi connectivity index (χ2n) is 8.51. The molecule has 2 aromatic heterocycles. The number of aryl methyl sites for hydroxylation is 1. The van der Waals surface area contributed by atoms with Gasteiger partial charge in [-0.1, -0.05) is 66.7 Å². The van der Waals surface area contributed by atoms with E-state index in [1.165, 1.54) is 32.9 Å². The van der Waals surface area contributed by atoms with E-state index >= 15 is 0 Å². The summed E-state index contributed by atoms with van der Waals surface area (Å²) in [4.78, 5) is 16.8. The average molecular weight is 400 g/mol. The van der Waals surface area contributed by atoms with E-state index in [-0.39, 0.29) is 5.78 Å². The second-order valence-corrected chi connectivity index (χ2v) is 8.51. The smallest absolute Gasteiger partial charge is 0.164 e. The fraction of sp³-hybridized carbons (Fsp3) is 0.107. The van der Waals surface area contributed by atoms with Gasteiger partial charge in [0.25, 0.3) is 0 Å². The van der Waals surface area contributed by atoms with Gasteiger partial charge in [-0.15, -0.1) is 0 Å². The van der Waals surface area contributed by atoms with Crippen LogP contribution in [0.5, 0.6) is 0 Å². The van der Waals surface area contributed by atoms with Crippen LogP contribution in [0.4, 0.5) is 0 Å². The molecule has 0 bridgehead atoms. The van der Waals surface area contributed by atoms with Gasteiger partial charge >= 0.3 is 0 Å². The van der Waals surface area contributed by atoms with E-state index in [9.17, 15) is 4.79 Å². The lowest BCUT2D eigenvalue weighted by molar-refractivity contribution is 0.0996. The molecule has 4 aromatic carbocycles. The molecule has 3 nitrogen and oxygen atoms in total. The molecule has 0 fully saturated rings. The van der Waals surface area contributed by atoms with Crippen LogP contribution in [0, 0.1) is 0 Å². The number of ketones is 1. The number of benzene rings is 4. The zero-order valence-corrected chi connectivity index (χ0v) is 17.0. The van der Waals surface area contributed by atoms with Crippen molar-refractivity contribution in [3.8, 4) is 0 Å². The molecule has 0 saturated carbocycles. The molecule has 1 N–H and O–H groups in total. The van der Waals surface area contributed by atoms with Crippen molar-refractivity contribution in [1.29, 1.82) is 0 Å². The molecule has 1 aliphatic carbocycles. The van der Waals surface area contributed by atoms with Gasteiger partial charge in [-0.2, -0.15) is 0 Å². The highest BCUT2D eigenvalue weighted by molar-refractivity contribution is 6.30. The SMILES string of the molecule is O=C1CCc2c1c1c3ccccc3[nH]c1c1c2c2ccccc2n1Cc1ccccc1. The summed E-state index contributed by atoms with van der Waals surface area (Å²) in [5, 5.41) is 4.71. The number of aromatic nitrogens is 2. The monoisotopic (exact) mass is 400 g/mol. The Morgan fingerprint density at radius 1 is 0.774 bits per heavy atom. The highest BCUT2D eigenvalue weighted by Gasteiger charge is 2.30. The van der Waals surface area contributed by atoms with E-state index < -0.39 is 0 Å². The summed E-state index contributed by atoms with van der Waals surface area (Å²) in [6.07, 6.45) is 1.42. The predicted molar refractivity (Wildman–Crippen MR) is 127 cm³/mol. The average Bonchev–Trinajstić information content (AvgIpc) is 3.47. The molecule has 3 heteroatoms. The summed E-state index contributed by atoms with van der Waals surface area (Å²) < 4.78 is 2.43. The molecule has 31 heavy (non-hydrogen) atoms. The van der Waals surface area contributed by atoms with E-state index in [1.807, 2.05) is 0 Å². The number of H-pyrrole nitrogens is 1. The van der Waals surface area contributed by atoms with Gasteiger partial charge in [-0.3, -0.25) is 4.79 Å². The Kier molecular flexibility index (Phi) is 3.31. The maximum absolute atomic E-state index is 13.1. The number of aromatic amines is 1. The number of Topliss-reactive ketones (excluding diaryl/α,β-unsaturated/α-hetero) is 1. The van der Waals surface area contributed by atoms with Crippen LogP contribution in [0.2, 0.25) is 0 Å². The summed E-state index contributed by atoms with van der Waals surface area (Å²) in [5.74, 6) is 0.270. The lowest BCUT2D eigenvalue weighted by atomic mass is 9.97. The van der Waals surface area contributed by atoms with Crippen molar-refractivity contribution in [2.24, 2.45) is 0 Å². The molecular formula is C28H20N2O. The van der Waals surface area contributed by atoms with E-state index in [0.717, 1.165) is 40.3 Å². The number of fused-ring (bicyclic) bond motifs is 10. The molecule has 0 amide bonds. The highest BCUT2D eigenvalue weighted by atomic mass is 16.1. The Balaban J connectivity index is 1.74. The Morgan fingerprint density at radius 3 is 2.39 bits per heavy atom. The molecule has 0 saturated heterocycles. The van der Waals surface area contributed by atoms with Crippen molar-refractivity contribution in [2.75, 3.05) is 0 Å². The minimum atomic E-state index is 0.270. The standard InChI is InChI=1S/C28H20N2O/c31-23-15-14-20-24-19-11-5-7-13-22(19)30(16-17-8-2-1-3-9-17)28(24)27-26(25(20)23)18-10-4-6-12-21(18)29-27/h1-13,29H,14-16H2. The van der Waals surface area contributed by atoms with Gasteiger partial charge in [0.2, 0.25) is 0 Å². The number of hydrogen-bond donors (Lipinski definition) is 1. The summed E-state index contributed by atoms with van der Waals surface area (Å²) in [6, 6.07) is 27.6. The van der Waals surface area contributed by atoms with Crippen molar-refractivity contribution in [3.05, 3.63) is 95.6 Å². The van der Waals surface area contributed by atoms with Crippen LogP contribution in [-0.4, -0.2) is 15.3 Å². The van der Waals surface area contributed by atoms with Crippen LogP contribution < -0.4 is 0 Å². The summed E-state index contributed by atoms with van der Waals surface area (Å²) in [6.45, 7) is 0.794. The Morgan fingerprint density at radius 2 is 1.52 bits per heavy atom. The topological polar surface area (TPSA) is 37.8 Å². The third-order valence-electron chi connectivity index (χ3n) is 6.83. The molecule has 0 radical (unpaired) electrons. The molecule has 2 heterocycles. The lowest BCUT2D eigenvalue weighted by Gasteiger charge is -2.10. The minimum absolute atomic E-state index is 0.270. The maximum atomic E-state index is 13.1. The van der Waals surface area contributed by atoms with Crippen molar-refractivity contribution in [2.45, 2.75) is 19.4 Å². The van der Waals surface area contributed by atoms with Crippen LogP contribution in [0.3, 0.4) is 0 Å². The van der Waals surface area contributed by atoms with E-state index in [0.29, 0.717) is 6.42 Å². The number of carbonyl (C=O) groups is 1. The normalized spacial score (nSPS) is 13.7. The molecule has 0 atom stereocenters. The predicted octanol–water partition coefficient (Wildman–Crippen LogP) is 6.61. The number of para-hydroxylation sites is 2. The zero-order valence-electron chi connectivity index (χ0n) is 17.0. The van der Waals surface area contributed by atoms with Crippen molar-refractivity contribution >= 4 is 49.4 Å². The first kappa shape index (κ1) is 16.9. The van der Waals surface area contributed by atoms with Crippen LogP contribution >= 0.6 is 0 Å². The number of rotatable bonds is 2. The van der Waals surface area contributed by atoms with Gasteiger partial charge < -0.3 is 9.55 Å². The number of hydrogen-bond acceptors (Lipinski definition) is 1. The molecule has 0 unspecified atom stereocenters. The molecular weight excluding hydrogens is 380 g/mol. The third kappa shape index (κ3) is 2.21. The molecule has 6 aromatic rings. The maximum Gasteiger partial charge on any atom is 0.164 e. The molecule has 0 spiro atoms. The van der Waals surface area contributed by atoms with Crippen molar-refractivity contribution < 1.29 is 4.79 Å². The van der Waals surface area contributed by atoms with E-state index in [2.05, 4.69) is 88.4 Å². The van der Waals surface area contributed by atoms with Gasteiger partial charge in [0, 0.05) is 51.1 Å². The second kappa shape index (κ2) is 6.08. The van der Waals surface area contributed by atoms with E-state index in [1.54, 1.807) is 0 Å². The summed E-state index contributed by atoms with van der Waals surface area (Å²) in [5.41, 5.74) is 8.02. The van der Waals surface area contributed by atoms with Gasteiger partial charge in [-0.05, 0) is 29.7 Å². The van der Waals surface area contributed by atoms with Crippen LogP contribution in [0.25, 0.3) is 43.6 Å². The first-order valence-electron chi connectivity index (χ1n) is 10.8. The lowest BCUT2D eigenvalue weighted by Crippen LogP contribution is -2.01. The van der Waals surface area contributed by atoms with Crippen LogP contribution in [0.15, 0.2) is 78.9 Å². The number of nitrogens with zero attached hydrogens (tertiary/aromatic N) is 1. The number of carbonyl (C=O) groups excluding carboxylic acids is 1. The fourth-order valence-electron chi connectivity index (χ4n) is 5.58. The van der Waals surface area contributed by atoms with E-state index in [4.69, 9.17) is 0 Å². The van der Waals surface area contributed by atoms with Crippen LogP contribution in [0.1, 0.15) is 27.9 Å². The van der Waals surface area contributed by atoms with Gasteiger partial charge in [0.1, 0.15) is 0 Å². The Bertz CT molecular complexity index is 1670. The number of nitrogens with one attached hydrogen (secondary N) is 1. The molecule has 148 valence electrons. The summed E-state index contributed by atoms with van der Waals surface area (Å²) in [7, 11) is 0. The molecule has 1 aliphatic rings. The zero-order chi connectivity index (χ0) is 20.5. The van der Waals surface area contributed by atoms with Gasteiger partial charge in [-0.25, -0.2) is 0 Å². The molecule has 7 rings (SSSR count). The molecule has 0 aliphatic heterocycles. The highest BCUT2D eigenvalue weighted by Crippen LogP contribution is 2.45. The largest absolute Gasteiger partial charge is 0.353 e. The van der Waals surface area contributed by atoms with Gasteiger partial charge in [0.05, 0.1) is 11.0 Å². The first-order valence-corrected chi connectivity index (χ1v) is 10.8. The van der Waals surface area contributed by atoms with Crippen molar-refractivity contribution in [1.82, 2.24) is 9.55 Å². The third-order valence-corrected chi connectivity index (χ3v) is 6.83. The quantitative estimate of drug-likeness (QED) is 0.349. The summed E-state index contributed by atoms with van der Waals surface area (Å²) >= 11 is 0. The van der Waals surface area contributed by atoms with Crippen molar-refractivity contribution in [3.63, 3.8) is 0 Å². The Labute approximate surface area is 178 Å².